The van der Waals surface area contributed by atoms with E-state index in [1.54, 1.807) is 19.2 Å². The van der Waals surface area contributed by atoms with Crippen LogP contribution in [-0.2, 0) is 6.61 Å². The minimum atomic E-state index is -0.319. The predicted molar refractivity (Wildman–Crippen MR) is 83.4 cm³/mol. The van der Waals surface area contributed by atoms with Crippen molar-refractivity contribution in [1.29, 1.82) is 0 Å². The first-order chi connectivity index (χ1) is 10.7. The number of nitrogens with two attached hydrogens (primary N) is 1. The molecule has 112 valence electrons. The minimum Gasteiger partial charge on any atom is -0.497 e. The summed E-state index contributed by atoms with van der Waals surface area (Å²) >= 11 is 0. The fraction of sp³-hybridized carbons (Fsp3) is 0.118. The molecule has 22 heavy (non-hydrogen) atoms. The van der Waals surface area contributed by atoms with Crippen molar-refractivity contribution in [2.45, 2.75) is 6.61 Å². The highest BCUT2D eigenvalue weighted by molar-refractivity contribution is 5.82. The number of rotatable bonds is 4. The van der Waals surface area contributed by atoms with Crippen LogP contribution in [0.3, 0.4) is 0 Å². The summed E-state index contributed by atoms with van der Waals surface area (Å²) in [5, 5.41) is 0.652. The number of fused-ring (bicyclic) bond motifs is 1. The van der Waals surface area contributed by atoms with Crippen LogP contribution in [0.1, 0.15) is 5.56 Å². The van der Waals surface area contributed by atoms with E-state index in [9.17, 15) is 4.39 Å². The normalized spacial score (nSPS) is 10.6. The third kappa shape index (κ3) is 2.93. The average molecular weight is 298 g/mol. The van der Waals surface area contributed by atoms with Crippen molar-refractivity contribution in [3.05, 3.63) is 59.9 Å². The number of hydrogen-bond acceptors (Lipinski definition) is 4. The van der Waals surface area contributed by atoms with E-state index < -0.39 is 0 Å². The van der Waals surface area contributed by atoms with Crippen molar-refractivity contribution in [2.24, 2.45) is 0 Å². The largest absolute Gasteiger partial charge is 0.497 e. The molecule has 5 heteroatoms. The van der Waals surface area contributed by atoms with Gasteiger partial charge in [0.15, 0.2) is 11.6 Å². The number of pyridine rings is 1. The Labute approximate surface area is 127 Å². The number of hydrogen-bond donors (Lipinski definition) is 1. The molecule has 0 radical (unpaired) electrons. The number of nitrogens with zero attached hydrogens (tertiary/aromatic N) is 1. The number of halogens is 1. The number of anilines is 1. The van der Waals surface area contributed by atoms with Crippen molar-refractivity contribution in [1.82, 2.24) is 4.98 Å². The molecule has 0 fully saturated rings. The zero-order valence-electron chi connectivity index (χ0n) is 12.0. The Hall–Kier alpha value is -2.82. The van der Waals surface area contributed by atoms with Crippen LogP contribution < -0.4 is 15.2 Å². The Bertz CT molecular complexity index is 804. The maximum Gasteiger partial charge on any atom is 0.166 e. The van der Waals surface area contributed by atoms with Crippen LogP contribution in [0.15, 0.2) is 48.5 Å². The molecule has 0 aliphatic heterocycles. The van der Waals surface area contributed by atoms with E-state index in [0.29, 0.717) is 23.3 Å². The van der Waals surface area contributed by atoms with Gasteiger partial charge in [-0.2, -0.15) is 0 Å². The molecule has 1 aromatic heterocycles. The summed E-state index contributed by atoms with van der Waals surface area (Å²) in [4.78, 5) is 4.22. The number of methoxy groups -OCH3 is 1. The SMILES string of the molecule is COc1ccc(COc2cc3cc(F)ccc3nc2N)cc1. The third-order valence-electron chi connectivity index (χ3n) is 3.32. The lowest BCUT2D eigenvalue weighted by molar-refractivity contribution is 0.307. The van der Waals surface area contributed by atoms with Crippen LogP contribution in [0.5, 0.6) is 11.5 Å². The van der Waals surface area contributed by atoms with Crippen LogP contribution in [0, 0.1) is 5.82 Å². The molecular formula is C17H15FN2O2. The summed E-state index contributed by atoms with van der Waals surface area (Å²) in [7, 11) is 1.62. The monoisotopic (exact) mass is 298 g/mol. The highest BCUT2D eigenvalue weighted by Gasteiger charge is 2.07. The van der Waals surface area contributed by atoms with E-state index in [1.807, 2.05) is 24.3 Å². The molecule has 0 atom stereocenters. The van der Waals surface area contributed by atoms with Gasteiger partial charge in [-0.15, -0.1) is 0 Å². The molecule has 0 spiro atoms. The summed E-state index contributed by atoms with van der Waals surface area (Å²) in [5.74, 6) is 1.19. The van der Waals surface area contributed by atoms with Crippen molar-refractivity contribution >= 4 is 16.7 Å². The van der Waals surface area contributed by atoms with Crippen molar-refractivity contribution < 1.29 is 13.9 Å². The lowest BCUT2D eigenvalue weighted by Gasteiger charge is -2.10. The predicted octanol–water partition coefficient (Wildman–Crippen LogP) is 3.54. The zero-order valence-corrected chi connectivity index (χ0v) is 12.0. The van der Waals surface area contributed by atoms with Crippen molar-refractivity contribution in [3.8, 4) is 11.5 Å². The topological polar surface area (TPSA) is 57.4 Å². The van der Waals surface area contributed by atoms with Crippen molar-refractivity contribution in [2.75, 3.05) is 12.8 Å². The molecule has 4 nitrogen and oxygen atoms in total. The lowest BCUT2D eigenvalue weighted by Crippen LogP contribution is -2.01. The molecule has 0 saturated carbocycles. The van der Waals surface area contributed by atoms with Gasteiger partial charge in [0.05, 0.1) is 12.6 Å². The average Bonchev–Trinajstić information content (AvgIpc) is 2.54. The Morgan fingerprint density at radius 3 is 2.59 bits per heavy atom. The van der Waals surface area contributed by atoms with E-state index in [0.717, 1.165) is 11.3 Å². The first-order valence-electron chi connectivity index (χ1n) is 6.77. The fourth-order valence-electron chi connectivity index (χ4n) is 2.14. The highest BCUT2D eigenvalue weighted by Crippen LogP contribution is 2.26. The number of aromatic nitrogens is 1. The molecule has 0 unspecified atom stereocenters. The molecule has 3 rings (SSSR count). The van der Waals surface area contributed by atoms with Crippen LogP contribution in [-0.4, -0.2) is 12.1 Å². The Morgan fingerprint density at radius 2 is 1.86 bits per heavy atom. The van der Waals surface area contributed by atoms with Gasteiger partial charge >= 0.3 is 0 Å². The summed E-state index contributed by atoms with van der Waals surface area (Å²) in [6.45, 7) is 0.344. The minimum absolute atomic E-state index is 0.285. The van der Waals surface area contributed by atoms with Gasteiger partial charge in [-0.05, 0) is 42.0 Å². The molecule has 0 saturated heterocycles. The summed E-state index contributed by atoms with van der Waals surface area (Å²) in [5.41, 5.74) is 7.49. The number of benzene rings is 2. The first kappa shape index (κ1) is 14.1. The third-order valence-corrected chi connectivity index (χ3v) is 3.32. The fourth-order valence-corrected chi connectivity index (χ4v) is 2.14. The van der Waals surface area contributed by atoms with E-state index in [1.165, 1.54) is 12.1 Å². The maximum atomic E-state index is 13.3. The quantitative estimate of drug-likeness (QED) is 0.800. The maximum absolute atomic E-state index is 13.3. The van der Waals surface area contributed by atoms with Crippen LogP contribution in [0.4, 0.5) is 10.2 Å². The summed E-state index contributed by atoms with van der Waals surface area (Å²) in [6.07, 6.45) is 0. The van der Waals surface area contributed by atoms with Gasteiger partial charge in [-0.25, -0.2) is 9.37 Å². The van der Waals surface area contributed by atoms with Gasteiger partial charge in [0.1, 0.15) is 18.2 Å². The first-order valence-corrected chi connectivity index (χ1v) is 6.77. The molecule has 2 N–H and O–H groups in total. The molecule has 3 aromatic rings. The smallest absolute Gasteiger partial charge is 0.166 e. The molecule has 0 aliphatic carbocycles. The second kappa shape index (κ2) is 5.89. The zero-order chi connectivity index (χ0) is 15.5. The standard InChI is InChI=1S/C17H15FN2O2/c1-21-14-5-2-11(3-6-14)10-22-16-9-12-8-13(18)4-7-15(12)20-17(16)19/h2-9H,10H2,1H3,(H2,19,20). The second-order valence-electron chi connectivity index (χ2n) is 4.85. The highest BCUT2D eigenvalue weighted by atomic mass is 19.1. The van der Waals surface area contributed by atoms with E-state index >= 15 is 0 Å². The van der Waals surface area contributed by atoms with E-state index in [4.69, 9.17) is 15.2 Å². The summed E-state index contributed by atoms with van der Waals surface area (Å²) < 4.78 is 24.1. The molecular weight excluding hydrogens is 283 g/mol. The molecule has 0 aliphatic rings. The van der Waals surface area contributed by atoms with Crippen LogP contribution in [0.2, 0.25) is 0 Å². The van der Waals surface area contributed by atoms with Gasteiger partial charge in [0.2, 0.25) is 0 Å². The molecule has 1 heterocycles. The molecule has 0 amide bonds. The number of ether oxygens (including phenoxy) is 2. The Balaban J connectivity index is 1.81. The molecule has 2 aromatic carbocycles. The van der Waals surface area contributed by atoms with E-state index in [-0.39, 0.29) is 11.6 Å². The van der Waals surface area contributed by atoms with Gasteiger partial charge in [0, 0.05) is 5.39 Å². The summed E-state index contributed by atoms with van der Waals surface area (Å²) in [6, 6.07) is 13.6. The Kier molecular flexibility index (Phi) is 3.78. The van der Waals surface area contributed by atoms with Crippen LogP contribution >= 0.6 is 0 Å². The van der Waals surface area contributed by atoms with Gasteiger partial charge in [-0.3, -0.25) is 0 Å². The van der Waals surface area contributed by atoms with Gasteiger partial charge in [0.25, 0.3) is 0 Å². The number of nitrogen functional groups attached to an aromatic ring is 1. The van der Waals surface area contributed by atoms with Crippen molar-refractivity contribution in [3.63, 3.8) is 0 Å². The second-order valence-corrected chi connectivity index (χ2v) is 4.85. The van der Waals surface area contributed by atoms with Gasteiger partial charge in [-0.1, -0.05) is 12.1 Å². The Morgan fingerprint density at radius 1 is 1.09 bits per heavy atom. The van der Waals surface area contributed by atoms with Crippen LogP contribution in [0.25, 0.3) is 10.9 Å². The lowest BCUT2D eigenvalue weighted by atomic mass is 10.2. The van der Waals surface area contributed by atoms with E-state index in [2.05, 4.69) is 4.98 Å². The van der Waals surface area contributed by atoms with Gasteiger partial charge < -0.3 is 15.2 Å². The molecule has 0 bridgehead atoms.